The van der Waals surface area contributed by atoms with Gasteiger partial charge in [-0.2, -0.15) is 0 Å². The molecule has 1 aromatic rings. The Morgan fingerprint density at radius 3 is 2.55 bits per heavy atom. The largest absolute Gasteiger partial charge is 0.497 e. The number of carbonyl (C=O) groups is 2. The van der Waals surface area contributed by atoms with Gasteiger partial charge in [-0.15, -0.1) is 0 Å². The second-order valence-electron chi connectivity index (χ2n) is 13.0. The Hall–Kier alpha value is -2.83. The zero-order chi connectivity index (χ0) is 30.3. The third kappa shape index (κ3) is 5.98. The molecule has 0 heterocycles. The number of allylic oxidation sites excluding steroid dienone is 1. The molecule has 42 heavy (non-hydrogen) atoms. The number of rotatable bonds is 16. The zero-order valence-electron chi connectivity index (χ0n) is 26.1. The highest BCUT2D eigenvalue weighted by Gasteiger charge is 2.72. The van der Waals surface area contributed by atoms with Gasteiger partial charge in [0.25, 0.3) is 0 Å². The second-order valence-corrected chi connectivity index (χ2v) is 13.0. The molecular weight excluding hydrogens is 530 g/mol. The first-order valence-electron chi connectivity index (χ1n) is 15.9. The van der Waals surface area contributed by atoms with Gasteiger partial charge in [-0.1, -0.05) is 69.4 Å². The third-order valence-corrected chi connectivity index (χ3v) is 10.5. The number of ether oxygens (including phenoxy) is 3. The van der Waals surface area contributed by atoms with Crippen LogP contribution in [0.4, 0.5) is 0 Å². The quantitative estimate of drug-likeness (QED) is 0.0376. The van der Waals surface area contributed by atoms with Gasteiger partial charge in [-0.3, -0.25) is 4.79 Å². The lowest BCUT2D eigenvalue weighted by Crippen LogP contribution is -2.53. The van der Waals surface area contributed by atoms with E-state index in [-0.39, 0.29) is 48.2 Å². The average Bonchev–Trinajstić information content (AvgIpc) is 3.65. The number of esters is 1. The SMILES string of the molecule is CCCCOCCCCC1C(C)C(N=[N+]=[N-])CC1C1(C=O)CC2C=C(C(C)C)C1(C(=O)OCc1ccc(OC)cc1)C2. The predicted molar refractivity (Wildman–Crippen MR) is 163 cm³/mol. The summed E-state index contributed by atoms with van der Waals surface area (Å²) >= 11 is 0. The maximum absolute atomic E-state index is 14.4. The van der Waals surface area contributed by atoms with Crippen LogP contribution >= 0.6 is 0 Å². The van der Waals surface area contributed by atoms with E-state index in [2.05, 4.69) is 43.8 Å². The summed E-state index contributed by atoms with van der Waals surface area (Å²) in [6.45, 7) is 10.2. The number of fused-ring (bicyclic) bond motifs is 2. The number of nitrogens with zero attached hydrogens (tertiary/aromatic N) is 3. The van der Waals surface area contributed by atoms with Crippen LogP contribution in [0.25, 0.3) is 10.4 Å². The highest BCUT2D eigenvalue weighted by Crippen LogP contribution is 2.71. The lowest BCUT2D eigenvalue weighted by molar-refractivity contribution is -0.167. The first-order chi connectivity index (χ1) is 20.3. The monoisotopic (exact) mass is 579 g/mol. The van der Waals surface area contributed by atoms with Gasteiger partial charge in [0.05, 0.1) is 7.11 Å². The molecule has 4 rings (SSSR count). The minimum Gasteiger partial charge on any atom is -0.497 e. The number of aldehydes is 1. The van der Waals surface area contributed by atoms with E-state index in [1.807, 2.05) is 24.3 Å². The van der Waals surface area contributed by atoms with Gasteiger partial charge in [-0.25, -0.2) is 0 Å². The third-order valence-electron chi connectivity index (χ3n) is 10.5. The van der Waals surface area contributed by atoms with E-state index in [0.717, 1.165) is 68.5 Å². The Labute approximate surface area is 251 Å². The number of benzene rings is 1. The van der Waals surface area contributed by atoms with E-state index in [1.54, 1.807) is 7.11 Å². The minimum absolute atomic E-state index is 0.0671. The normalized spacial score (nSPS) is 31.6. The van der Waals surface area contributed by atoms with Crippen LogP contribution in [0.1, 0.15) is 84.6 Å². The lowest BCUT2D eigenvalue weighted by Gasteiger charge is -2.49. The van der Waals surface area contributed by atoms with Crippen molar-refractivity contribution in [1.82, 2.24) is 0 Å². The summed E-state index contributed by atoms with van der Waals surface area (Å²) in [5.41, 5.74) is 9.39. The molecule has 230 valence electrons. The Morgan fingerprint density at radius 1 is 1.17 bits per heavy atom. The molecule has 1 aromatic carbocycles. The van der Waals surface area contributed by atoms with Crippen molar-refractivity contribution in [2.45, 2.75) is 91.7 Å². The van der Waals surface area contributed by atoms with E-state index in [4.69, 9.17) is 14.2 Å². The van der Waals surface area contributed by atoms with Gasteiger partial charge in [0.2, 0.25) is 0 Å². The van der Waals surface area contributed by atoms with E-state index < -0.39 is 10.8 Å². The zero-order valence-corrected chi connectivity index (χ0v) is 26.1. The van der Waals surface area contributed by atoms with Crippen LogP contribution < -0.4 is 4.74 Å². The molecule has 7 unspecified atom stereocenters. The van der Waals surface area contributed by atoms with Gasteiger partial charge < -0.3 is 19.0 Å². The number of unbranched alkanes of at least 4 members (excludes halogenated alkanes) is 2. The number of azide groups is 1. The Balaban J connectivity index is 1.63. The van der Waals surface area contributed by atoms with Crippen LogP contribution in [0.3, 0.4) is 0 Å². The van der Waals surface area contributed by atoms with Crippen molar-refractivity contribution >= 4 is 12.3 Å². The average molecular weight is 580 g/mol. The molecule has 7 atom stereocenters. The van der Waals surface area contributed by atoms with Crippen molar-refractivity contribution in [3.8, 4) is 5.75 Å². The summed E-state index contributed by atoms with van der Waals surface area (Å²) < 4.78 is 17.2. The topological polar surface area (TPSA) is 111 Å². The van der Waals surface area contributed by atoms with Crippen LogP contribution in [-0.2, 0) is 25.7 Å². The van der Waals surface area contributed by atoms with Gasteiger partial charge in [0.1, 0.15) is 24.1 Å². The summed E-state index contributed by atoms with van der Waals surface area (Å²) in [5.74, 6) is 0.931. The van der Waals surface area contributed by atoms with Crippen LogP contribution in [-0.4, -0.2) is 38.6 Å². The van der Waals surface area contributed by atoms with Crippen molar-refractivity contribution in [3.05, 3.63) is 51.9 Å². The van der Waals surface area contributed by atoms with Crippen molar-refractivity contribution < 1.29 is 23.8 Å². The summed E-state index contributed by atoms with van der Waals surface area (Å²) in [6, 6.07) is 7.31. The smallest absolute Gasteiger partial charge is 0.317 e. The molecule has 0 aliphatic heterocycles. The van der Waals surface area contributed by atoms with Crippen LogP contribution in [0, 0.1) is 40.4 Å². The molecule has 3 aliphatic carbocycles. The fourth-order valence-electron chi connectivity index (χ4n) is 8.45. The molecule has 3 aliphatic rings. The molecule has 0 saturated heterocycles. The summed E-state index contributed by atoms with van der Waals surface area (Å²) in [5, 5.41) is 4.19. The summed E-state index contributed by atoms with van der Waals surface area (Å²) in [6.07, 6.45) is 10.2. The Bertz CT molecular complexity index is 1160. The molecule has 0 spiro atoms. The number of hydrogen-bond donors (Lipinski definition) is 0. The van der Waals surface area contributed by atoms with Gasteiger partial charge >= 0.3 is 5.97 Å². The van der Waals surface area contributed by atoms with E-state index in [9.17, 15) is 15.1 Å². The second kappa shape index (κ2) is 14.1. The summed E-state index contributed by atoms with van der Waals surface area (Å²) in [4.78, 5) is 31.1. The molecule has 2 fully saturated rings. The van der Waals surface area contributed by atoms with Gasteiger partial charge in [-0.05, 0) is 91.3 Å². The number of methoxy groups -OCH3 is 1. The molecule has 0 N–H and O–H groups in total. The highest BCUT2D eigenvalue weighted by atomic mass is 16.5. The molecule has 0 radical (unpaired) electrons. The van der Waals surface area contributed by atoms with Crippen LogP contribution in [0.15, 0.2) is 41.0 Å². The van der Waals surface area contributed by atoms with E-state index in [0.29, 0.717) is 19.3 Å². The minimum atomic E-state index is -1.00. The Kier molecular flexibility index (Phi) is 10.8. The number of hydrogen-bond acceptors (Lipinski definition) is 6. The van der Waals surface area contributed by atoms with Crippen LogP contribution in [0.5, 0.6) is 5.75 Å². The van der Waals surface area contributed by atoms with Crippen molar-refractivity contribution in [1.29, 1.82) is 0 Å². The van der Waals surface area contributed by atoms with E-state index in [1.165, 1.54) is 0 Å². The molecule has 0 aromatic heterocycles. The molecule has 2 saturated carbocycles. The van der Waals surface area contributed by atoms with Gasteiger partial charge in [0.15, 0.2) is 0 Å². The maximum Gasteiger partial charge on any atom is 0.317 e. The summed E-state index contributed by atoms with van der Waals surface area (Å²) in [7, 11) is 1.62. The fraction of sp³-hybridized carbons (Fsp3) is 0.706. The molecule has 8 heteroatoms. The standard InChI is InChI=1S/C34H49N3O5/c1-6-7-15-41-16-9-8-10-28-24(4)31(36-37-35)18-30(28)33(22-38)19-26-17-29(23(2)3)34(33,20-26)32(39)42-21-25-11-13-27(40-5)14-12-25/h11-14,17,22-24,26,28,30-31H,6-10,15-16,18-21H2,1-5H3. The van der Waals surface area contributed by atoms with Crippen molar-refractivity contribution in [2.24, 2.45) is 45.5 Å². The number of carbonyl (C=O) groups excluding carboxylic acids is 2. The molecule has 2 bridgehead atoms. The van der Waals surface area contributed by atoms with Crippen LogP contribution in [0.2, 0.25) is 0 Å². The first kappa shape index (κ1) is 32.1. The lowest BCUT2D eigenvalue weighted by atomic mass is 9.52. The van der Waals surface area contributed by atoms with Crippen molar-refractivity contribution in [3.63, 3.8) is 0 Å². The predicted octanol–water partition coefficient (Wildman–Crippen LogP) is 7.85. The Morgan fingerprint density at radius 2 is 1.90 bits per heavy atom. The first-order valence-corrected chi connectivity index (χ1v) is 15.9. The van der Waals surface area contributed by atoms with Crippen molar-refractivity contribution in [2.75, 3.05) is 20.3 Å². The highest BCUT2D eigenvalue weighted by molar-refractivity contribution is 5.89. The molecular formula is C34H49N3O5. The fourth-order valence-corrected chi connectivity index (χ4v) is 8.45. The molecule has 8 nitrogen and oxygen atoms in total. The van der Waals surface area contributed by atoms with E-state index >= 15 is 0 Å². The molecule has 0 amide bonds. The maximum atomic E-state index is 14.4. The van der Waals surface area contributed by atoms with Gasteiger partial charge in [0, 0.05) is 29.6 Å².